The van der Waals surface area contributed by atoms with Crippen molar-refractivity contribution in [2.45, 2.75) is 52.7 Å². The maximum Gasteiger partial charge on any atom is 0.530 e. The summed E-state index contributed by atoms with van der Waals surface area (Å²) in [6, 6.07) is 5.55. The van der Waals surface area contributed by atoms with E-state index < -0.39 is 31.5 Å². The first-order valence-electron chi connectivity index (χ1n) is 9.27. The van der Waals surface area contributed by atoms with E-state index in [1.165, 1.54) is 7.11 Å². The van der Waals surface area contributed by atoms with Gasteiger partial charge in [-0.3, -0.25) is 9.05 Å². The van der Waals surface area contributed by atoms with Crippen molar-refractivity contribution >= 4 is 19.9 Å². The van der Waals surface area contributed by atoms with Crippen molar-refractivity contribution in [1.82, 2.24) is 5.32 Å². The second kappa shape index (κ2) is 11.2. The summed E-state index contributed by atoms with van der Waals surface area (Å²) in [6.07, 6.45) is -0.553. The zero-order chi connectivity index (χ0) is 22.1. The minimum Gasteiger partial charge on any atom is -0.467 e. The number of carbonyl (C=O) groups is 2. The van der Waals surface area contributed by atoms with Crippen LogP contribution in [0.25, 0.3) is 0 Å². The minimum absolute atomic E-state index is 0.167. The fourth-order valence-corrected chi connectivity index (χ4v) is 3.44. The molecule has 10 heteroatoms. The number of phosphoric ester groups is 1. The molecule has 0 saturated heterocycles. The molecule has 0 aromatic heterocycles. The van der Waals surface area contributed by atoms with E-state index in [4.69, 9.17) is 23.0 Å². The van der Waals surface area contributed by atoms with Crippen molar-refractivity contribution < 1.29 is 37.2 Å². The van der Waals surface area contributed by atoms with Gasteiger partial charge in [-0.15, -0.1) is 0 Å². The van der Waals surface area contributed by atoms with E-state index in [-0.39, 0.29) is 25.4 Å². The van der Waals surface area contributed by atoms with Gasteiger partial charge in [-0.2, -0.15) is 0 Å². The lowest BCUT2D eigenvalue weighted by molar-refractivity contribution is -0.143. The zero-order valence-corrected chi connectivity index (χ0v) is 18.6. The molecule has 1 atom stereocenters. The van der Waals surface area contributed by atoms with Gasteiger partial charge < -0.3 is 19.3 Å². The number of esters is 1. The number of ether oxygens (including phenoxy) is 2. The summed E-state index contributed by atoms with van der Waals surface area (Å²) >= 11 is 0. The van der Waals surface area contributed by atoms with E-state index in [1.807, 2.05) is 0 Å². The lowest BCUT2D eigenvalue weighted by Crippen LogP contribution is -2.45. The predicted molar refractivity (Wildman–Crippen MR) is 107 cm³/mol. The van der Waals surface area contributed by atoms with Gasteiger partial charge in [-0.1, -0.05) is 12.1 Å². The second-order valence-corrected chi connectivity index (χ2v) is 8.54. The van der Waals surface area contributed by atoms with E-state index in [2.05, 4.69) is 5.32 Å². The van der Waals surface area contributed by atoms with Crippen molar-refractivity contribution in [3.63, 3.8) is 0 Å². The molecule has 1 amide bonds. The summed E-state index contributed by atoms with van der Waals surface area (Å²) in [4.78, 5) is 24.0. The molecule has 0 unspecified atom stereocenters. The number of alkyl carbamates (subject to hydrolysis) is 1. The third-order valence-corrected chi connectivity index (χ3v) is 4.91. The molecular weight excluding hydrogens is 401 g/mol. The fraction of sp³-hybridized carbons (Fsp3) is 0.579. The summed E-state index contributed by atoms with van der Waals surface area (Å²) in [5.74, 6) is -0.318. The van der Waals surface area contributed by atoms with Crippen molar-refractivity contribution in [3.05, 3.63) is 29.8 Å². The molecule has 0 aliphatic carbocycles. The van der Waals surface area contributed by atoms with Gasteiger partial charge >= 0.3 is 19.9 Å². The molecule has 9 nitrogen and oxygen atoms in total. The van der Waals surface area contributed by atoms with Gasteiger partial charge in [0.1, 0.15) is 17.4 Å². The second-order valence-electron chi connectivity index (χ2n) is 6.94. The van der Waals surface area contributed by atoms with Gasteiger partial charge in [-0.05, 0) is 52.3 Å². The number of hydrogen-bond donors (Lipinski definition) is 1. The highest BCUT2D eigenvalue weighted by atomic mass is 31.2. The van der Waals surface area contributed by atoms with E-state index in [9.17, 15) is 14.2 Å². The maximum absolute atomic E-state index is 12.4. The van der Waals surface area contributed by atoms with Crippen LogP contribution in [0.1, 0.15) is 40.2 Å². The lowest BCUT2D eigenvalue weighted by atomic mass is 10.1. The van der Waals surface area contributed by atoms with Crippen LogP contribution in [0.4, 0.5) is 4.79 Å². The van der Waals surface area contributed by atoms with Crippen molar-refractivity contribution in [2.75, 3.05) is 20.3 Å². The highest BCUT2D eigenvalue weighted by molar-refractivity contribution is 7.48. The first-order valence-corrected chi connectivity index (χ1v) is 10.7. The molecule has 164 valence electrons. The number of rotatable bonds is 10. The lowest BCUT2D eigenvalue weighted by Gasteiger charge is -2.22. The molecule has 0 fully saturated rings. The van der Waals surface area contributed by atoms with Crippen LogP contribution < -0.4 is 9.84 Å². The van der Waals surface area contributed by atoms with Crippen LogP contribution in [0.5, 0.6) is 5.75 Å². The molecule has 0 aliphatic rings. The van der Waals surface area contributed by atoms with E-state index in [1.54, 1.807) is 58.9 Å². The normalized spacial score (nSPS) is 12.8. The number of nitrogens with one attached hydrogen (secondary N) is 1. The Morgan fingerprint density at radius 3 is 2.07 bits per heavy atom. The van der Waals surface area contributed by atoms with Gasteiger partial charge in [0.25, 0.3) is 0 Å². The van der Waals surface area contributed by atoms with Gasteiger partial charge in [0, 0.05) is 6.42 Å². The summed E-state index contributed by atoms with van der Waals surface area (Å²) in [5, 5.41) is 2.51. The molecule has 29 heavy (non-hydrogen) atoms. The molecule has 1 aromatic rings. The molecule has 0 spiro atoms. The quantitative estimate of drug-likeness (QED) is 0.439. The van der Waals surface area contributed by atoms with Crippen LogP contribution in [0.3, 0.4) is 0 Å². The molecular formula is C19H30NO8P. The Balaban J connectivity index is 2.84. The third kappa shape index (κ3) is 9.30. The average molecular weight is 431 g/mol. The van der Waals surface area contributed by atoms with Gasteiger partial charge in [0.05, 0.1) is 20.3 Å². The van der Waals surface area contributed by atoms with Crippen molar-refractivity contribution in [2.24, 2.45) is 0 Å². The minimum atomic E-state index is -3.69. The largest absolute Gasteiger partial charge is 0.530 e. The number of hydrogen-bond acceptors (Lipinski definition) is 8. The fourth-order valence-electron chi connectivity index (χ4n) is 2.24. The third-order valence-electron chi connectivity index (χ3n) is 3.33. The molecule has 1 aromatic carbocycles. The monoisotopic (exact) mass is 431 g/mol. The summed E-state index contributed by atoms with van der Waals surface area (Å²) in [6.45, 7) is 8.88. The topological polar surface area (TPSA) is 109 Å². The van der Waals surface area contributed by atoms with Crippen molar-refractivity contribution in [1.29, 1.82) is 0 Å². The number of carbonyl (C=O) groups excluding carboxylic acids is 2. The Labute approximate surface area is 171 Å². The first kappa shape index (κ1) is 24.9. The van der Waals surface area contributed by atoms with Crippen LogP contribution in [-0.4, -0.2) is 44.0 Å². The molecule has 0 radical (unpaired) electrons. The van der Waals surface area contributed by atoms with Gasteiger partial charge in [0.15, 0.2) is 0 Å². The summed E-state index contributed by atoms with van der Waals surface area (Å²) in [7, 11) is -2.45. The molecule has 1 N–H and O–H groups in total. The Morgan fingerprint density at radius 1 is 1.07 bits per heavy atom. The maximum atomic E-state index is 12.4. The number of phosphoric acid groups is 1. The summed E-state index contributed by atoms with van der Waals surface area (Å²) in [5.41, 5.74) is 0.0187. The number of benzene rings is 1. The van der Waals surface area contributed by atoms with Crippen LogP contribution in [0.15, 0.2) is 24.3 Å². The van der Waals surface area contributed by atoms with Crippen LogP contribution in [0, 0.1) is 0 Å². The Morgan fingerprint density at radius 2 is 1.62 bits per heavy atom. The standard InChI is InChI=1S/C19H30NO8P/c1-7-25-29(23,26-8-2)28-15-11-9-14(10-12-15)13-16(17(21)24-6)20-18(22)27-19(3,4)5/h9-12,16H,7-8,13H2,1-6H3,(H,20,22)/t16-/m0/s1. The van der Waals surface area contributed by atoms with E-state index in [0.29, 0.717) is 5.56 Å². The highest BCUT2D eigenvalue weighted by Gasteiger charge is 2.28. The number of methoxy groups -OCH3 is 1. The Hall–Kier alpha value is -2.09. The van der Waals surface area contributed by atoms with Gasteiger partial charge in [-0.25, -0.2) is 14.2 Å². The highest BCUT2D eigenvalue weighted by Crippen LogP contribution is 2.49. The Kier molecular flexibility index (Phi) is 9.62. The van der Waals surface area contributed by atoms with Crippen LogP contribution in [0.2, 0.25) is 0 Å². The smallest absolute Gasteiger partial charge is 0.467 e. The van der Waals surface area contributed by atoms with Crippen LogP contribution >= 0.6 is 7.82 Å². The molecule has 0 aliphatic heterocycles. The summed E-state index contributed by atoms with van der Waals surface area (Å²) < 4.78 is 37.9. The number of amides is 1. The first-order chi connectivity index (χ1) is 13.5. The van der Waals surface area contributed by atoms with Gasteiger partial charge in [0.2, 0.25) is 0 Å². The molecule has 1 rings (SSSR count). The average Bonchev–Trinajstić information content (AvgIpc) is 2.60. The molecule has 0 bridgehead atoms. The molecule has 0 heterocycles. The van der Waals surface area contributed by atoms with E-state index >= 15 is 0 Å². The predicted octanol–water partition coefficient (Wildman–Crippen LogP) is 3.86. The SMILES string of the molecule is CCOP(=O)(OCC)Oc1ccc(C[C@H](NC(=O)OC(C)(C)C)C(=O)OC)cc1. The van der Waals surface area contributed by atoms with E-state index in [0.717, 1.165) is 0 Å². The van der Waals surface area contributed by atoms with Crippen molar-refractivity contribution in [3.8, 4) is 5.75 Å². The molecule has 0 saturated carbocycles. The van der Waals surface area contributed by atoms with Crippen LogP contribution in [-0.2, 0) is 34.3 Å². The zero-order valence-electron chi connectivity index (χ0n) is 17.7. The Bertz CT molecular complexity index is 704.